The molecule has 0 aliphatic rings. The van der Waals surface area contributed by atoms with E-state index in [-0.39, 0.29) is 0 Å². The highest BCUT2D eigenvalue weighted by Crippen LogP contribution is 2.06. The van der Waals surface area contributed by atoms with Crippen LogP contribution in [0.25, 0.3) is 0 Å². The normalized spacial score (nSPS) is 10.7. The molecule has 0 atom stereocenters. The van der Waals surface area contributed by atoms with Crippen LogP contribution < -0.4 is 16.0 Å². The second kappa shape index (κ2) is 8.53. The van der Waals surface area contributed by atoms with E-state index < -0.39 is 11.7 Å². The number of aromatic nitrogens is 1. The Balaban J connectivity index is 2.13. The first-order valence-corrected chi connectivity index (χ1v) is 7.61. The molecule has 0 fully saturated rings. The minimum atomic E-state index is -0.477. The predicted molar refractivity (Wildman–Crippen MR) is 92.1 cm³/mol. The van der Waals surface area contributed by atoms with E-state index >= 15 is 0 Å². The molecule has 6 nitrogen and oxygen atoms in total. The van der Waals surface area contributed by atoms with Crippen LogP contribution in [0.4, 0.5) is 10.6 Å². The zero-order valence-electron chi connectivity index (χ0n) is 13.5. The lowest BCUT2D eigenvalue weighted by Gasteiger charge is -2.19. The predicted octanol–water partition coefficient (Wildman–Crippen LogP) is 2.59. The van der Waals surface area contributed by atoms with Gasteiger partial charge in [0, 0.05) is 19.3 Å². The molecule has 0 spiro atoms. The van der Waals surface area contributed by atoms with E-state index in [0.717, 1.165) is 12.0 Å². The third-order valence-electron chi connectivity index (χ3n) is 2.46. The molecule has 1 aromatic rings. The molecule has 122 valence electrons. The van der Waals surface area contributed by atoms with Gasteiger partial charge in [0.25, 0.3) is 0 Å². The summed E-state index contributed by atoms with van der Waals surface area (Å²) in [4.78, 5) is 15.6. The molecule has 22 heavy (non-hydrogen) atoms. The molecule has 1 heterocycles. The number of carbonyl (C=O) groups is 1. The molecule has 0 saturated heterocycles. The van der Waals surface area contributed by atoms with E-state index in [1.54, 1.807) is 6.20 Å². The molecule has 1 aromatic heterocycles. The van der Waals surface area contributed by atoms with E-state index in [2.05, 4.69) is 20.9 Å². The van der Waals surface area contributed by atoms with Crippen molar-refractivity contribution in [2.75, 3.05) is 18.4 Å². The van der Waals surface area contributed by atoms with Crippen LogP contribution in [0.15, 0.2) is 18.3 Å². The van der Waals surface area contributed by atoms with Gasteiger partial charge in [-0.25, -0.2) is 9.78 Å². The van der Waals surface area contributed by atoms with Gasteiger partial charge in [-0.3, -0.25) is 0 Å². The quantitative estimate of drug-likeness (QED) is 0.571. The Kier molecular flexibility index (Phi) is 7.04. The van der Waals surface area contributed by atoms with E-state index in [0.29, 0.717) is 24.0 Å². The van der Waals surface area contributed by atoms with E-state index in [1.165, 1.54) is 0 Å². The Labute approximate surface area is 137 Å². The van der Waals surface area contributed by atoms with Crippen LogP contribution in [-0.2, 0) is 4.74 Å². The molecule has 1 rings (SSSR count). The third-order valence-corrected chi connectivity index (χ3v) is 2.71. The fourth-order valence-electron chi connectivity index (χ4n) is 1.50. The molecular formula is C15H24N4O2S. The van der Waals surface area contributed by atoms with Gasteiger partial charge in [-0.15, -0.1) is 0 Å². The minimum absolute atomic E-state index is 0.406. The number of pyridine rings is 1. The van der Waals surface area contributed by atoms with Gasteiger partial charge >= 0.3 is 6.09 Å². The summed E-state index contributed by atoms with van der Waals surface area (Å²) in [5.41, 5.74) is 0.618. The van der Waals surface area contributed by atoms with Gasteiger partial charge in [0.15, 0.2) is 5.11 Å². The number of ether oxygens (including phenoxy) is 1. The molecule has 0 aromatic carbocycles. The number of hydrogen-bond donors (Lipinski definition) is 3. The van der Waals surface area contributed by atoms with Gasteiger partial charge < -0.3 is 20.7 Å². The first-order valence-electron chi connectivity index (χ1n) is 7.20. The second-order valence-corrected chi connectivity index (χ2v) is 6.29. The van der Waals surface area contributed by atoms with Gasteiger partial charge in [-0.1, -0.05) is 6.07 Å². The summed E-state index contributed by atoms with van der Waals surface area (Å²) in [6.07, 6.45) is 2.11. The number of nitrogens with one attached hydrogen (secondary N) is 3. The number of aryl methyl sites for hydroxylation is 1. The zero-order valence-corrected chi connectivity index (χ0v) is 14.3. The summed E-state index contributed by atoms with van der Waals surface area (Å²) in [5, 5.41) is 9.25. The molecule has 0 aliphatic carbocycles. The molecule has 0 aliphatic heterocycles. The SMILES string of the molecule is Cc1ccc(NC(=S)NCCCNC(=O)OC(C)(C)C)nc1. The van der Waals surface area contributed by atoms with Crippen LogP contribution >= 0.6 is 12.2 Å². The fraction of sp³-hybridized carbons (Fsp3) is 0.533. The van der Waals surface area contributed by atoms with E-state index in [4.69, 9.17) is 17.0 Å². The highest BCUT2D eigenvalue weighted by molar-refractivity contribution is 7.80. The van der Waals surface area contributed by atoms with Crippen LogP contribution in [0.1, 0.15) is 32.8 Å². The molecule has 0 saturated carbocycles. The Morgan fingerprint density at radius 1 is 1.27 bits per heavy atom. The van der Waals surface area contributed by atoms with Gasteiger partial charge in [0.2, 0.25) is 0 Å². The monoisotopic (exact) mass is 324 g/mol. The van der Waals surface area contributed by atoms with Gasteiger partial charge in [0.1, 0.15) is 11.4 Å². The lowest BCUT2D eigenvalue weighted by atomic mass is 10.2. The average molecular weight is 324 g/mol. The fourth-order valence-corrected chi connectivity index (χ4v) is 1.70. The van der Waals surface area contributed by atoms with Crippen LogP contribution in [0.5, 0.6) is 0 Å². The summed E-state index contributed by atoms with van der Waals surface area (Å²) in [5.74, 6) is 0.704. The third kappa shape index (κ3) is 8.41. The number of carbonyl (C=O) groups excluding carboxylic acids is 1. The zero-order chi connectivity index (χ0) is 16.6. The van der Waals surface area contributed by atoms with E-state index in [1.807, 2.05) is 39.8 Å². The first kappa shape index (κ1) is 18.2. The number of hydrogen-bond acceptors (Lipinski definition) is 4. The maximum absolute atomic E-state index is 11.4. The highest BCUT2D eigenvalue weighted by atomic mass is 32.1. The van der Waals surface area contributed by atoms with Crippen LogP contribution in [0.3, 0.4) is 0 Å². The maximum Gasteiger partial charge on any atom is 0.407 e. The van der Waals surface area contributed by atoms with Crippen molar-refractivity contribution in [2.24, 2.45) is 0 Å². The summed E-state index contributed by atoms with van der Waals surface area (Å²) in [6.45, 7) is 8.64. The number of rotatable bonds is 5. The molecule has 0 radical (unpaired) electrons. The van der Waals surface area contributed by atoms with Crippen LogP contribution in [0.2, 0.25) is 0 Å². The largest absolute Gasteiger partial charge is 0.444 e. The van der Waals surface area contributed by atoms with Gasteiger partial charge in [-0.05, 0) is 58.0 Å². The Hall–Kier alpha value is -1.89. The molecule has 7 heteroatoms. The topological polar surface area (TPSA) is 75.3 Å². The van der Waals surface area contributed by atoms with Crippen molar-refractivity contribution in [1.82, 2.24) is 15.6 Å². The number of thiocarbonyl (C=S) groups is 1. The Bertz CT molecular complexity index is 497. The van der Waals surface area contributed by atoms with Crippen LogP contribution in [0, 0.1) is 6.92 Å². The minimum Gasteiger partial charge on any atom is -0.444 e. The van der Waals surface area contributed by atoms with Crippen molar-refractivity contribution in [1.29, 1.82) is 0 Å². The van der Waals surface area contributed by atoms with E-state index in [9.17, 15) is 4.79 Å². The first-order chi connectivity index (χ1) is 10.3. The van der Waals surface area contributed by atoms with Crippen molar-refractivity contribution in [2.45, 2.75) is 39.7 Å². The summed E-state index contributed by atoms with van der Waals surface area (Å²) < 4.78 is 5.14. The second-order valence-electron chi connectivity index (χ2n) is 5.88. The van der Waals surface area contributed by atoms with Crippen LogP contribution in [-0.4, -0.2) is 34.9 Å². The summed E-state index contributed by atoms with van der Waals surface area (Å²) in [6, 6.07) is 3.83. The highest BCUT2D eigenvalue weighted by Gasteiger charge is 2.15. The number of alkyl carbamates (subject to hydrolysis) is 1. The summed E-state index contributed by atoms with van der Waals surface area (Å²) in [7, 11) is 0. The lowest BCUT2D eigenvalue weighted by Crippen LogP contribution is -2.35. The van der Waals surface area contributed by atoms with Crippen molar-refractivity contribution >= 4 is 29.2 Å². The smallest absolute Gasteiger partial charge is 0.407 e. The average Bonchev–Trinajstić information content (AvgIpc) is 2.39. The number of amides is 1. The van der Waals surface area contributed by atoms with Crippen molar-refractivity contribution in [3.8, 4) is 0 Å². The number of nitrogens with zero attached hydrogens (tertiary/aromatic N) is 1. The molecular weight excluding hydrogens is 300 g/mol. The Morgan fingerprint density at radius 2 is 1.95 bits per heavy atom. The van der Waals surface area contributed by atoms with Crippen molar-refractivity contribution in [3.63, 3.8) is 0 Å². The standard InChI is InChI=1S/C15H24N4O2S/c1-11-6-7-12(18-10-11)19-13(22)16-8-5-9-17-14(20)21-15(2,3)4/h6-7,10H,5,8-9H2,1-4H3,(H,17,20)(H2,16,18,19,22). The molecule has 0 bridgehead atoms. The Morgan fingerprint density at radius 3 is 2.55 bits per heavy atom. The number of anilines is 1. The molecule has 0 unspecified atom stereocenters. The van der Waals surface area contributed by atoms with Crippen molar-refractivity contribution < 1.29 is 9.53 Å². The maximum atomic E-state index is 11.4. The van der Waals surface area contributed by atoms with Crippen molar-refractivity contribution in [3.05, 3.63) is 23.9 Å². The molecule has 3 N–H and O–H groups in total. The van der Waals surface area contributed by atoms with Gasteiger partial charge in [-0.2, -0.15) is 0 Å². The van der Waals surface area contributed by atoms with Gasteiger partial charge in [0.05, 0.1) is 0 Å². The molecule has 1 amide bonds. The summed E-state index contributed by atoms with van der Waals surface area (Å²) >= 11 is 5.17. The lowest BCUT2D eigenvalue weighted by molar-refractivity contribution is 0.0527.